The molecular formula is C26H23ClF4N6O4. The lowest BCUT2D eigenvalue weighted by Crippen LogP contribution is -2.33. The largest absolute Gasteiger partial charge is 0.464 e. The van der Waals surface area contributed by atoms with Crippen LogP contribution in [0, 0.1) is 5.82 Å². The van der Waals surface area contributed by atoms with Crippen molar-refractivity contribution in [2.24, 2.45) is 0 Å². The van der Waals surface area contributed by atoms with Crippen LogP contribution in [0.15, 0.2) is 59.7 Å². The molecule has 1 atom stereocenters. The zero-order valence-corrected chi connectivity index (χ0v) is 22.4. The second-order valence-corrected chi connectivity index (χ2v) is 9.00. The summed E-state index contributed by atoms with van der Waals surface area (Å²) in [5, 5.41) is 6.48. The van der Waals surface area contributed by atoms with Gasteiger partial charge in [-0.05, 0) is 31.5 Å². The number of aromatic nitrogens is 5. The maximum absolute atomic E-state index is 15.4. The van der Waals surface area contributed by atoms with Crippen LogP contribution in [0.5, 0.6) is 5.88 Å². The van der Waals surface area contributed by atoms with E-state index in [9.17, 15) is 22.8 Å². The Bertz CT molecular complexity index is 1590. The number of carbonyl (C=O) groups is 1. The lowest BCUT2D eigenvalue weighted by Gasteiger charge is -2.19. The van der Waals surface area contributed by atoms with Gasteiger partial charge >= 0.3 is 11.9 Å². The van der Waals surface area contributed by atoms with Gasteiger partial charge in [-0.25, -0.2) is 9.18 Å². The van der Waals surface area contributed by atoms with Crippen molar-refractivity contribution < 1.29 is 31.8 Å². The zero-order valence-electron chi connectivity index (χ0n) is 21.7. The molecule has 0 aliphatic rings. The first-order valence-corrected chi connectivity index (χ1v) is 12.5. The summed E-state index contributed by atoms with van der Waals surface area (Å²) in [6, 6.07) is 11.1. The summed E-state index contributed by atoms with van der Waals surface area (Å²) in [7, 11) is 0. The topological polar surface area (TPSA) is 113 Å². The van der Waals surface area contributed by atoms with Crippen molar-refractivity contribution in [1.29, 1.82) is 0 Å². The molecule has 0 fully saturated rings. The van der Waals surface area contributed by atoms with Gasteiger partial charge in [0.2, 0.25) is 5.88 Å². The van der Waals surface area contributed by atoms with Crippen LogP contribution in [0.1, 0.15) is 35.6 Å². The molecule has 4 aromatic rings. The zero-order chi connectivity index (χ0) is 29.7. The molecule has 0 spiro atoms. The summed E-state index contributed by atoms with van der Waals surface area (Å²) >= 11 is 5.99. The van der Waals surface area contributed by atoms with E-state index in [0.29, 0.717) is 17.7 Å². The van der Waals surface area contributed by atoms with Crippen LogP contribution in [0.4, 0.5) is 23.2 Å². The number of anilines is 1. The molecular weight excluding hydrogens is 572 g/mol. The molecule has 216 valence electrons. The molecule has 1 N–H and O–H groups in total. The maximum Gasteiger partial charge on any atom is 0.425 e. The molecule has 1 amide bonds. The number of alkyl halides is 3. The quantitative estimate of drug-likeness (QED) is 0.259. The predicted molar refractivity (Wildman–Crippen MR) is 140 cm³/mol. The Kier molecular flexibility index (Phi) is 9.03. The van der Waals surface area contributed by atoms with Crippen LogP contribution in [-0.4, -0.2) is 42.5 Å². The average molecular weight is 595 g/mol. The second kappa shape index (κ2) is 12.5. The number of hydrogen-bond acceptors (Lipinski definition) is 7. The molecule has 0 aliphatic carbocycles. The molecule has 15 heteroatoms. The molecule has 0 unspecified atom stereocenters. The summed E-state index contributed by atoms with van der Waals surface area (Å²) in [6.07, 6.45) is -4.75. The van der Waals surface area contributed by atoms with Gasteiger partial charge in [-0.2, -0.15) is 22.8 Å². The highest BCUT2D eigenvalue weighted by molar-refractivity contribution is 6.33. The second-order valence-electron chi connectivity index (χ2n) is 8.59. The van der Waals surface area contributed by atoms with Crippen molar-refractivity contribution in [2.75, 3.05) is 5.32 Å². The van der Waals surface area contributed by atoms with Gasteiger partial charge in [-0.3, -0.25) is 14.3 Å². The number of carbonyl (C=O) groups excluding carboxylic acids is 1. The Balaban J connectivity index is 1.71. The van der Waals surface area contributed by atoms with E-state index in [1.54, 1.807) is 6.92 Å². The predicted octanol–water partition coefficient (Wildman–Crippen LogP) is 4.94. The highest BCUT2D eigenvalue weighted by atomic mass is 35.5. The summed E-state index contributed by atoms with van der Waals surface area (Å²) < 4.78 is 67.8. The van der Waals surface area contributed by atoms with Gasteiger partial charge in [0.25, 0.3) is 5.91 Å². The van der Waals surface area contributed by atoms with E-state index in [1.807, 2.05) is 30.3 Å². The third-order valence-corrected chi connectivity index (χ3v) is 6.04. The normalized spacial score (nSPS) is 12.3. The van der Waals surface area contributed by atoms with Gasteiger partial charge in [-0.15, -0.1) is 5.10 Å². The Hall–Kier alpha value is -4.30. The SMILES string of the molecule is CCn1c(COCc2ccccc2)nn(-c2nc(O[C@@H](C)C(F)(F)F)c(C(=O)Nc3ccncc3Cl)cc2F)c1=O. The third kappa shape index (κ3) is 6.89. The number of halogens is 5. The van der Waals surface area contributed by atoms with Gasteiger partial charge in [0, 0.05) is 18.9 Å². The fraction of sp³-hybridized carbons (Fsp3) is 0.269. The lowest BCUT2D eigenvalue weighted by molar-refractivity contribution is -0.190. The fourth-order valence-corrected chi connectivity index (χ4v) is 3.76. The van der Waals surface area contributed by atoms with Crippen LogP contribution in [-0.2, 0) is 24.5 Å². The first-order chi connectivity index (χ1) is 19.5. The van der Waals surface area contributed by atoms with Crippen LogP contribution in [0.3, 0.4) is 0 Å². The van der Waals surface area contributed by atoms with E-state index in [0.717, 1.165) is 5.56 Å². The minimum absolute atomic E-state index is 0.0238. The number of nitrogens with one attached hydrogen (secondary N) is 1. The smallest absolute Gasteiger partial charge is 0.425 e. The molecule has 0 radical (unpaired) electrons. The van der Waals surface area contributed by atoms with Crippen LogP contribution >= 0.6 is 11.6 Å². The van der Waals surface area contributed by atoms with Crippen LogP contribution in [0.25, 0.3) is 5.82 Å². The Morgan fingerprint density at radius 2 is 1.90 bits per heavy atom. The molecule has 0 bridgehead atoms. The molecule has 3 heterocycles. The van der Waals surface area contributed by atoms with E-state index in [4.69, 9.17) is 21.1 Å². The minimum atomic E-state index is -4.84. The molecule has 10 nitrogen and oxygen atoms in total. The highest BCUT2D eigenvalue weighted by Gasteiger charge is 2.39. The Morgan fingerprint density at radius 1 is 1.17 bits per heavy atom. The highest BCUT2D eigenvalue weighted by Crippen LogP contribution is 2.29. The van der Waals surface area contributed by atoms with Crippen molar-refractivity contribution in [3.63, 3.8) is 0 Å². The van der Waals surface area contributed by atoms with E-state index in [2.05, 4.69) is 20.4 Å². The summed E-state index contributed by atoms with van der Waals surface area (Å²) in [5.74, 6) is -3.82. The van der Waals surface area contributed by atoms with Crippen molar-refractivity contribution in [1.82, 2.24) is 24.3 Å². The molecule has 41 heavy (non-hydrogen) atoms. The average Bonchev–Trinajstić information content (AvgIpc) is 3.25. The van der Waals surface area contributed by atoms with Gasteiger partial charge < -0.3 is 14.8 Å². The van der Waals surface area contributed by atoms with Crippen molar-refractivity contribution in [3.8, 4) is 11.7 Å². The molecule has 3 aromatic heterocycles. The maximum atomic E-state index is 15.4. The standard InChI is InChI=1S/C26H23ClF4N6O4/c1-3-36-21(14-40-13-16-7-5-4-6-8-16)35-37(25(36)39)22-19(28)11-17(24(34-22)41-15(2)26(29,30)31)23(38)33-20-9-10-32-12-18(20)27/h4-12,15H,3,13-14H2,1-2H3,(H,32,33,38)/t15-/m0/s1. The third-order valence-electron chi connectivity index (χ3n) is 5.74. The molecule has 4 rings (SSSR count). The Labute approximate surface area is 235 Å². The van der Waals surface area contributed by atoms with Crippen molar-refractivity contribution >= 4 is 23.2 Å². The number of benzene rings is 1. The number of ether oxygens (including phenoxy) is 2. The van der Waals surface area contributed by atoms with Crippen molar-refractivity contribution in [2.45, 2.75) is 45.9 Å². The lowest BCUT2D eigenvalue weighted by atomic mass is 10.2. The minimum Gasteiger partial charge on any atom is -0.464 e. The van der Waals surface area contributed by atoms with Crippen LogP contribution < -0.4 is 15.7 Å². The molecule has 0 saturated carbocycles. The Morgan fingerprint density at radius 3 is 2.56 bits per heavy atom. The van der Waals surface area contributed by atoms with Gasteiger partial charge in [0.15, 0.2) is 23.6 Å². The number of rotatable bonds is 10. The van der Waals surface area contributed by atoms with Crippen LogP contribution in [0.2, 0.25) is 5.02 Å². The van der Waals surface area contributed by atoms with Gasteiger partial charge in [-0.1, -0.05) is 41.9 Å². The number of amides is 1. The first kappa shape index (κ1) is 29.7. The van der Waals surface area contributed by atoms with Crippen molar-refractivity contribution in [3.05, 3.63) is 93.1 Å². The molecule has 0 aliphatic heterocycles. The van der Waals surface area contributed by atoms with Gasteiger partial charge in [0.05, 0.1) is 17.3 Å². The molecule has 0 saturated heterocycles. The number of nitrogens with zero attached hydrogens (tertiary/aromatic N) is 5. The van der Waals surface area contributed by atoms with E-state index < -0.39 is 47.0 Å². The van der Waals surface area contributed by atoms with E-state index in [1.165, 1.54) is 23.0 Å². The number of hydrogen-bond donors (Lipinski definition) is 1. The van der Waals surface area contributed by atoms with Gasteiger partial charge in [0.1, 0.15) is 12.2 Å². The summed E-state index contributed by atoms with van der Waals surface area (Å²) in [5.41, 5.74) is -0.575. The monoisotopic (exact) mass is 594 g/mol. The van der Waals surface area contributed by atoms with E-state index >= 15 is 4.39 Å². The summed E-state index contributed by atoms with van der Waals surface area (Å²) in [4.78, 5) is 33.6. The fourth-order valence-electron chi connectivity index (χ4n) is 3.60. The first-order valence-electron chi connectivity index (χ1n) is 12.1. The van der Waals surface area contributed by atoms with E-state index in [-0.39, 0.29) is 36.3 Å². The number of pyridine rings is 2. The molecule has 1 aromatic carbocycles. The summed E-state index contributed by atoms with van der Waals surface area (Å²) in [6.45, 7) is 2.54.